The molecule has 0 saturated carbocycles. The number of hydrogen-bond donors (Lipinski definition) is 2. The monoisotopic (exact) mass is 318 g/mol. The van der Waals surface area contributed by atoms with Crippen LogP contribution in [0, 0.1) is 6.92 Å². The number of halogens is 2. The Morgan fingerprint density at radius 3 is 2.55 bits per heavy atom. The van der Waals surface area contributed by atoms with Gasteiger partial charge in [0.2, 0.25) is 0 Å². The Balaban J connectivity index is 0.00000180. The molecular weight excluding hydrogens is 295 g/mol. The molecule has 2 rings (SSSR count). The largest absolute Gasteiger partial charge is 0.508 e. The molecule has 1 aliphatic heterocycles. The van der Waals surface area contributed by atoms with Crippen LogP contribution in [0.3, 0.4) is 0 Å². The van der Waals surface area contributed by atoms with Crippen molar-refractivity contribution >= 4 is 24.8 Å². The summed E-state index contributed by atoms with van der Waals surface area (Å²) in [5.41, 5.74) is 2.11. The molecule has 0 aliphatic carbocycles. The molecule has 0 aromatic heterocycles. The number of benzene rings is 1. The molecule has 0 unspecified atom stereocenters. The molecule has 0 bridgehead atoms. The lowest BCUT2D eigenvalue weighted by Gasteiger charge is -2.35. The zero-order chi connectivity index (χ0) is 13.0. The first kappa shape index (κ1) is 19.3. The molecule has 3 nitrogen and oxygen atoms in total. The van der Waals surface area contributed by atoms with E-state index in [1.807, 2.05) is 25.1 Å². The van der Waals surface area contributed by atoms with Crippen molar-refractivity contribution in [3.63, 3.8) is 0 Å². The van der Waals surface area contributed by atoms with Crippen molar-refractivity contribution in [2.45, 2.75) is 19.4 Å². The minimum atomic E-state index is 0. The lowest BCUT2D eigenvalue weighted by molar-refractivity contribution is 0.172. The zero-order valence-electron chi connectivity index (χ0n) is 11.8. The summed E-state index contributed by atoms with van der Waals surface area (Å²) in [6.07, 6.45) is 2.81. The van der Waals surface area contributed by atoms with Crippen LogP contribution in [-0.2, 0) is 0 Å². The van der Waals surface area contributed by atoms with Gasteiger partial charge in [0.15, 0.2) is 0 Å². The van der Waals surface area contributed by atoms with Crippen LogP contribution < -0.4 is 5.32 Å². The van der Waals surface area contributed by atoms with Crippen molar-refractivity contribution in [3.05, 3.63) is 42.0 Å². The summed E-state index contributed by atoms with van der Waals surface area (Å²) in [4.78, 5) is 2.42. The maximum Gasteiger partial charge on any atom is 0.120 e. The molecule has 5 heteroatoms. The lowest BCUT2D eigenvalue weighted by atomic mass is 9.99. The van der Waals surface area contributed by atoms with Crippen molar-refractivity contribution in [2.75, 3.05) is 26.2 Å². The van der Waals surface area contributed by atoms with E-state index in [1.54, 1.807) is 0 Å². The Labute approximate surface area is 133 Å². The van der Waals surface area contributed by atoms with E-state index in [0.29, 0.717) is 5.75 Å². The number of piperazine rings is 1. The van der Waals surface area contributed by atoms with E-state index in [0.717, 1.165) is 43.7 Å². The molecular formula is C15H24Cl2N2O. The summed E-state index contributed by atoms with van der Waals surface area (Å²) in [6.45, 7) is 9.91. The quantitative estimate of drug-likeness (QED) is 0.837. The Kier molecular flexibility index (Phi) is 8.90. The average molecular weight is 319 g/mol. The summed E-state index contributed by atoms with van der Waals surface area (Å²) in [5, 5.41) is 13.5. The van der Waals surface area contributed by atoms with E-state index in [9.17, 15) is 5.11 Å². The number of aromatic hydroxyl groups is 1. The molecule has 1 aromatic rings. The van der Waals surface area contributed by atoms with Crippen LogP contribution in [0.4, 0.5) is 0 Å². The second kappa shape index (κ2) is 9.24. The van der Waals surface area contributed by atoms with Crippen LogP contribution in [0.1, 0.15) is 23.6 Å². The Bertz CT molecular complexity index is 420. The van der Waals surface area contributed by atoms with Crippen molar-refractivity contribution in [1.29, 1.82) is 0 Å². The number of phenols is 1. The average Bonchev–Trinajstić information content (AvgIpc) is 2.38. The molecule has 2 N–H and O–H groups in total. The molecule has 1 saturated heterocycles. The van der Waals surface area contributed by atoms with E-state index >= 15 is 0 Å². The third-order valence-electron chi connectivity index (χ3n) is 3.53. The smallest absolute Gasteiger partial charge is 0.120 e. The third kappa shape index (κ3) is 4.67. The molecule has 114 valence electrons. The first-order valence-corrected chi connectivity index (χ1v) is 6.57. The van der Waals surface area contributed by atoms with Crippen molar-refractivity contribution < 1.29 is 5.11 Å². The Hall–Kier alpha value is -0.740. The summed E-state index contributed by atoms with van der Waals surface area (Å²) < 4.78 is 0. The normalized spacial score (nSPS) is 16.6. The minimum Gasteiger partial charge on any atom is -0.508 e. The fourth-order valence-corrected chi connectivity index (χ4v) is 2.56. The van der Waals surface area contributed by atoms with Gasteiger partial charge < -0.3 is 10.4 Å². The van der Waals surface area contributed by atoms with Crippen LogP contribution in [0.15, 0.2) is 30.9 Å². The van der Waals surface area contributed by atoms with Crippen LogP contribution in [0.5, 0.6) is 5.75 Å². The standard InChI is InChI=1S/C15H22N2O.2ClH/c1-3-4-14(17-9-7-16-8-10-17)13-6-5-12(2)11-15(13)18;;/h3,5-6,11,14,16,18H,1,4,7-10H2,2H3;2*1H/t14-;;/m0../s1. The van der Waals surface area contributed by atoms with E-state index in [-0.39, 0.29) is 30.9 Å². The number of hydrogen-bond acceptors (Lipinski definition) is 3. The topological polar surface area (TPSA) is 35.5 Å². The summed E-state index contributed by atoms with van der Waals surface area (Å²) in [5.74, 6) is 0.403. The molecule has 0 amide bonds. The predicted molar refractivity (Wildman–Crippen MR) is 89.3 cm³/mol. The molecule has 1 fully saturated rings. The van der Waals surface area contributed by atoms with E-state index in [2.05, 4.69) is 22.9 Å². The SMILES string of the molecule is C=CC[C@@H](c1ccc(C)cc1O)N1CCNCC1.Cl.Cl. The van der Waals surface area contributed by atoms with Gasteiger partial charge in [0.1, 0.15) is 5.75 Å². The first-order valence-electron chi connectivity index (χ1n) is 6.57. The molecule has 1 heterocycles. The summed E-state index contributed by atoms with van der Waals surface area (Å²) in [6, 6.07) is 6.19. The van der Waals surface area contributed by atoms with Gasteiger partial charge in [-0.2, -0.15) is 0 Å². The highest BCUT2D eigenvalue weighted by molar-refractivity contribution is 5.85. The van der Waals surface area contributed by atoms with Crippen LogP contribution in [0.2, 0.25) is 0 Å². The van der Waals surface area contributed by atoms with Crippen LogP contribution in [-0.4, -0.2) is 36.2 Å². The molecule has 20 heavy (non-hydrogen) atoms. The number of phenolic OH excluding ortho intramolecular Hbond substituents is 1. The van der Waals surface area contributed by atoms with Gasteiger partial charge in [0, 0.05) is 37.8 Å². The highest BCUT2D eigenvalue weighted by Crippen LogP contribution is 2.32. The maximum atomic E-state index is 10.1. The zero-order valence-corrected chi connectivity index (χ0v) is 13.5. The molecule has 0 spiro atoms. The first-order chi connectivity index (χ1) is 8.72. The van der Waals surface area contributed by atoms with Crippen LogP contribution >= 0.6 is 24.8 Å². The van der Waals surface area contributed by atoms with Crippen LogP contribution in [0.25, 0.3) is 0 Å². The lowest BCUT2D eigenvalue weighted by Crippen LogP contribution is -2.45. The van der Waals surface area contributed by atoms with E-state index in [1.165, 1.54) is 0 Å². The van der Waals surface area contributed by atoms with Gasteiger partial charge in [0.05, 0.1) is 0 Å². The van der Waals surface area contributed by atoms with Crippen molar-refractivity contribution in [3.8, 4) is 5.75 Å². The number of aryl methyl sites for hydroxylation is 1. The fourth-order valence-electron chi connectivity index (χ4n) is 2.56. The van der Waals surface area contributed by atoms with Gasteiger partial charge in [0.25, 0.3) is 0 Å². The molecule has 0 radical (unpaired) electrons. The number of rotatable bonds is 4. The molecule has 1 aliphatic rings. The van der Waals surface area contributed by atoms with Crippen molar-refractivity contribution in [2.24, 2.45) is 0 Å². The van der Waals surface area contributed by atoms with Gasteiger partial charge in [-0.15, -0.1) is 31.4 Å². The predicted octanol–water partition coefficient (Wildman–Crippen LogP) is 3.07. The third-order valence-corrected chi connectivity index (χ3v) is 3.53. The highest BCUT2D eigenvalue weighted by atomic mass is 35.5. The molecule has 1 aromatic carbocycles. The van der Waals surface area contributed by atoms with Gasteiger partial charge in [-0.25, -0.2) is 0 Å². The Morgan fingerprint density at radius 1 is 1.35 bits per heavy atom. The van der Waals surface area contributed by atoms with Gasteiger partial charge >= 0.3 is 0 Å². The maximum absolute atomic E-state index is 10.1. The molecule has 1 atom stereocenters. The van der Waals surface area contributed by atoms with Gasteiger partial charge in [-0.1, -0.05) is 18.2 Å². The minimum absolute atomic E-state index is 0. The Morgan fingerprint density at radius 2 is 2.00 bits per heavy atom. The van der Waals surface area contributed by atoms with Gasteiger partial charge in [-0.05, 0) is 25.0 Å². The highest BCUT2D eigenvalue weighted by Gasteiger charge is 2.23. The summed E-state index contributed by atoms with van der Waals surface area (Å²) >= 11 is 0. The second-order valence-electron chi connectivity index (χ2n) is 4.89. The van der Waals surface area contributed by atoms with E-state index < -0.39 is 0 Å². The summed E-state index contributed by atoms with van der Waals surface area (Å²) in [7, 11) is 0. The van der Waals surface area contributed by atoms with Crippen molar-refractivity contribution in [1.82, 2.24) is 10.2 Å². The number of nitrogens with one attached hydrogen (secondary N) is 1. The number of nitrogens with zero attached hydrogens (tertiary/aromatic N) is 1. The van der Waals surface area contributed by atoms with Gasteiger partial charge in [-0.3, -0.25) is 4.90 Å². The van der Waals surface area contributed by atoms with E-state index in [4.69, 9.17) is 0 Å². The fraction of sp³-hybridized carbons (Fsp3) is 0.467. The second-order valence-corrected chi connectivity index (χ2v) is 4.89.